The molecule has 0 saturated carbocycles. The second-order valence-corrected chi connectivity index (χ2v) is 3.88. The Balaban J connectivity index is 2.07. The van der Waals surface area contributed by atoms with Gasteiger partial charge in [0.1, 0.15) is 5.67 Å². The molecule has 0 N–H and O–H groups in total. The fourth-order valence-corrected chi connectivity index (χ4v) is 2.31. The molecule has 1 nitrogen and oxygen atoms in total. The van der Waals surface area contributed by atoms with Crippen molar-refractivity contribution in [2.24, 2.45) is 0 Å². The van der Waals surface area contributed by atoms with Gasteiger partial charge in [0.25, 0.3) is 0 Å². The molecule has 0 aromatic carbocycles. The van der Waals surface area contributed by atoms with E-state index in [9.17, 15) is 4.39 Å². The number of fused-ring (bicyclic) bond motifs is 1. The smallest absolute Gasteiger partial charge is 0.122 e. The topological polar surface area (TPSA) is 3.24 Å². The van der Waals surface area contributed by atoms with Gasteiger partial charge < -0.3 is 0 Å². The molecule has 2 fully saturated rings. The molecule has 2 heterocycles. The van der Waals surface area contributed by atoms with Crippen LogP contribution in [0.2, 0.25) is 0 Å². The molecule has 2 saturated heterocycles. The molecular weight excluding hydrogens is 129 g/mol. The summed E-state index contributed by atoms with van der Waals surface area (Å²) >= 11 is 0. The molecule has 0 spiro atoms. The van der Waals surface area contributed by atoms with Crippen LogP contribution in [0, 0.1) is 0 Å². The molecule has 0 aromatic rings. The summed E-state index contributed by atoms with van der Waals surface area (Å²) in [4.78, 5) is 2.29. The third-order valence-electron chi connectivity index (χ3n) is 2.69. The van der Waals surface area contributed by atoms with E-state index in [1.807, 2.05) is 0 Å². The Kier molecular flexibility index (Phi) is 1.28. The zero-order chi connectivity index (χ0) is 7.19. The van der Waals surface area contributed by atoms with Crippen LogP contribution in [0.25, 0.3) is 0 Å². The van der Waals surface area contributed by atoms with Crippen molar-refractivity contribution in [2.75, 3.05) is 13.1 Å². The van der Waals surface area contributed by atoms with E-state index in [0.717, 1.165) is 13.0 Å². The Morgan fingerprint density at radius 1 is 1.60 bits per heavy atom. The average molecular weight is 143 g/mol. The first-order valence-electron chi connectivity index (χ1n) is 4.10. The second-order valence-electron chi connectivity index (χ2n) is 3.88. The Labute approximate surface area is 61.2 Å². The van der Waals surface area contributed by atoms with Crippen LogP contribution in [0.4, 0.5) is 4.39 Å². The lowest BCUT2D eigenvalue weighted by Gasteiger charge is -2.13. The largest absolute Gasteiger partial charge is 0.297 e. The minimum atomic E-state index is -0.884. The molecule has 2 atom stereocenters. The van der Waals surface area contributed by atoms with Crippen LogP contribution in [0.3, 0.4) is 0 Å². The van der Waals surface area contributed by atoms with Gasteiger partial charge in [-0.25, -0.2) is 4.39 Å². The molecule has 0 radical (unpaired) electrons. The van der Waals surface area contributed by atoms with Crippen molar-refractivity contribution in [3.05, 3.63) is 0 Å². The Bertz CT molecular complexity index is 130. The number of rotatable bonds is 0. The number of hydrogen-bond acceptors (Lipinski definition) is 1. The highest BCUT2D eigenvalue weighted by molar-refractivity contribution is 4.96. The maximum absolute atomic E-state index is 13.3. The lowest BCUT2D eigenvalue weighted by atomic mass is 10.0. The van der Waals surface area contributed by atoms with E-state index in [1.54, 1.807) is 6.92 Å². The lowest BCUT2D eigenvalue weighted by molar-refractivity contribution is 0.191. The highest BCUT2D eigenvalue weighted by Crippen LogP contribution is 2.35. The van der Waals surface area contributed by atoms with E-state index in [-0.39, 0.29) is 0 Å². The molecular formula is C8H14FN. The third-order valence-corrected chi connectivity index (χ3v) is 2.69. The van der Waals surface area contributed by atoms with Crippen LogP contribution >= 0.6 is 0 Å². The quantitative estimate of drug-likeness (QED) is 0.497. The summed E-state index contributed by atoms with van der Waals surface area (Å²) in [6, 6.07) is 0.579. The molecule has 2 rings (SSSR count). The van der Waals surface area contributed by atoms with Gasteiger partial charge in [0.05, 0.1) is 0 Å². The SMILES string of the molecule is C[C@@]1(F)CC2CCCN2C1. The summed E-state index contributed by atoms with van der Waals surface area (Å²) in [5, 5.41) is 0. The summed E-state index contributed by atoms with van der Waals surface area (Å²) in [6.45, 7) is 3.53. The maximum atomic E-state index is 13.3. The fraction of sp³-hybridized carbons (Fsp3) is 1.00. The van der Waals surface area contributed by atoms with Crippen molar-refractivity contribution < 1.29 is 4.39 Å². The Morgan fingerprint density at radius 3 is 3.10 bits per heavy atom. The van der Waals surface area contributed by atoms with E-state index in [2.05, 4.69) is 4.90 Å². The van der Waals surface area contributed by atoms with Crippen LogP contribution in [-0.4, -0.2) is 29.7 Å². The maximum Gasteiger partial charge on any atom is 0.122 e. The van der Waals surface area contributed by atoms with E-state index < -0.39 is 5.67 Å². The minimum absolute atomic E-state index is 0.579. The van der Waals surface area contributed by atoms with Crippen molar-refractivity contribution in [1.82, 2.24) is 4.90 Å². The van der Waals surface area contributed by atoms with Gasteiger partial charge in [-0.15, -0.1) is 0 Å². The summed E-state index contributed by atoms with van der Waals surface area (Å²) < 4.78 is 13.3. The number of alkyl halides is 1. The Hall–Kier alpha value is -0.110. The summed E-state index contributed by atoms with van der Waals surface area (Å²) in [5.74, 6) is 0. The normalized spacial score (nSPS) is 48.0. The van der Waals surface area contributed by atoms with Crippen molar-refractivity contribution >= 4 is 0 Å². The van der Waals surface area contributed by atoms with Gasteiger partial charge in [0, 0.05) is 12.6 Å². The van der Waals surface area contributed by atoms with Crippen molar-refractivity contribution in [3.63, 3.8) is 0 Å². The first kappa shape index (κ1) is 6.59. The molecule has 0 aromatic heterocycles. The number of nitrogens with zero attached hydrogens (tertiary/aromatic N) is 1. The highest BCUT2D eigenvalue weighted by atomic mass is 19.1. The summed E-state index contributed by atoms with van der Waals surface area (Å²) in [6.07, 6.45) is 3.27. The molecule has 0 bridgehead atoms. The van der Waals surface area contributed by atoms with Gasteiger partial charge in [-0.3, -0.25) is 4.90 Å². The van der Waals surface area contributed by atoms with Crippen LogP contribution in [0.1, 0.15) is 26.2 Å². The first-order valence-corrected chi connectivity index (χ1v) is 4.10. The van der Waals surface area contributed by atoms with Crippen molar-refractivity contribution in [1.29, 1.82) is 0 Å². The summed E-state index contributed by atoms with van der Waals surface area (Å²) in [7, 11) is 0. The van der Waals surface area contributed by atoms with Gasteiger partial charge in [0.2, 0.25) is 0 Å². The van der Waals surface area contributed by atoms with E-state index in [4.69, 9.17) is 0 Å². The van der Waals surface area contributed by atoms with Crippen LogP contribution in [-0.2, 0) is 0 Å². The zero-order valence-corrected chi connectivity index (χ0v) is 6.44. The standard InChI is InChI=1S/C8H14FN/c1-8(9)5-7-3-2-4-10(7)6-8/h7H,2-6H2,1H3/t7?,8-/m1/s1. The second kappa shape index (κ2) is 1.94. The van der Waals surface area contributed by atoms with Crippen LogP contribution in [0.5, 0.6) is 0 Å². The van der Waals surface area contributed by atoms with Crippen molar-refractivity contribution in [3.8, 4) is 0 Å². The molecule has 2 aliphatic heterocycles. The minimum Gasteiger partial charge on any atom is -0.297 e. The van der Waals surface area contributed by atoms with Gasteiger partial charge >= 0.3 is 0 Å². The van der Waals surface area contributed by atoms with E-state index in [0.29, 0.717) is 12.6 Å². The lowest BCUT2D eigenvalue weighted by Crippen LogP contribution is -2.26. The monoisotopic (exact) mass is 143 g/mol. The predicted octanol–water partition coefficient (Wildman–Crippen LogP) is 1.58. The molecule has 10 heavy (non-hydrogen) atoms. The van der Waals surface area contributed by atoms with Gasteiger partial charge in [0.15, 0.2) is 0 Å². The summed E-state index contributed by atoms with van der Waals surface area (Å²) in [5.41, 5.74) is -0.884. The van der Waals surface area contributed by atoms with Gasteiger partial charge in [-0.05, 0) is 32.7 Å². The molecule has 0 amide bonds. The van der Waals surface area contributed by atoms with Crippen molar-refractivity contribution in [2.45, 2.75) is 37.9 Å². The number of halogens is 1. The van der Waals surface area contributed by atoms with Crippen LogP contribution in [0.15, 0.2) is 0 Å². The molecule has 1 unspecified atom stereocenters. The molecule has 2 aliphatic rings. The highest BCUT2D eigenvalue weighted by Gasteiger charge is 2.42. The van der Waals surface area contributed by atoms with Gasteiger partial charge in [-0.1, -0.05) is 0 Å². The van der Waals surface area contributed by atoms with E-state index >= 15 is 0 Å². The third kappa shape index (κ3) is 0.947. The molecule has 58 valence electrons. The number of hydrogen-bond donors (Lipinski definition) is 0. The van der Waals surface area contributed by atoms with Gasteiger partial charge in [-0.2, -0.15) is 0 Å². The first-order chi connectivity index (χ1) is 4.67. The predicted molar refractivity (Wildman–Crippen MR) is 38.7 cm³/mol. The van der Waals surface area contributed by atoms with E-state index in [1.165, 1.54) is 12.8 Å². The Morgan fingerprint density at radius 2 is 2.40 bits per heavy atom. The van der Waals surface area contributed by atoms with Crippen LogP contribution < -0.4 is 0 Å². The zero-order valence-electron chi connectivity index (χ0n) is 6.44. The molecule has 2 heteroatoms. The fourth-order valence-electron chi connectivity index (χ4n) is 2.31. The average Bonchev–Trinajstić information content (AvgIpc) is 2.20. The molecule has 0 aliphatic carbocycles.